The van der Waals surface area contributed by atoms with Crippen LogP contribution in [0, 0.1) is 13.8 Å². The van der Waals surface area contributed by atoms with E-state index in [0.29, 0.717) is 0 Å². The van der Waals surface area contributed by atoms with Crippen LogP contribution in [0.3, 0.4) is 0 Å². The first-order chi connectivity index (χ1) is 7.82. The summed E-state index contributed by atoms with van der Waals surface area (Å²) in [6, 6.07) is 4.09. The molecule has 1 aromatic carbocycles. The molecular weight excluding hydrogens is 212 g/mol. The molecule has 0 aliphatic rings. The first-order valence-electron chi connectivity index (χ1n) is 5.81. The van der Waals surface area contributed by atoms with Gasteiger partial charge in [-0.15, -0.1) is 0 Å². The monoisotopic (exact) mass is 230 g/mol. The van der Waals surface area contributed by atoms with Gasteiger partial charge in [-0.2, -0.15) is 0 Å². The molecule has 2 rings (SSSR count). The van der Waals surface area contributed by atoms with Gasteiger partial charge in [-0.3, -0.25) is 4.79 Å². The second-order valence-electron chi connectivity index (χ2n) is 5.19. The maximum atomic E-state index is 11.7. The molecule has 1 heterocycles. The minimum absolute atomic E-state index is 0.173. The summed E-state index contributed by atoms with van der Waals surface area (Å²) in [7, 11) is 0. The summed E-state index contributed by atoms with van der Waals surface area (Å²) in [6.07, 6.45) is 0. The number of carbonyl (C=O) groups is 1. The molecule has 0 unspecified atom stereocenters. The summed E-state index contributed by atoms with van der Waals surface area (Å²) < 4.78 is 0. The van der Waals surface area contributed by atoms with E-state index in [2.05, 4.69) is 16.0 Å². The van der Waals surface area contributed by atoms with Gasteiger partial charge in [0.15, 0.2) is 0 Å². The number of Topliss-reactive ketones (excluding diaryl/α,β-unsaturated/α-hetero) is 1. The molecule has 3 nitrogen and oxygen atoms in total. The van der Waals surface area contributed by atoms with Gasteiger partial charge in [-0.05, 0) is 57.9 Å². The fraction of sp³-hybridized carbons (Fsp3) is 0.429. The molecule has 0 bridgehead atoms. The van der Waals surface area contributed by atoms with Gasteiger partial charge in [-0.25, -0.2) is 4.98 Å². The Kier molecular flexibility index (Phi) is 2.57. The summed E-state index contributed by atoms with van der Waals surface area (Å²) in [4.78, 5) is 19.4. The van der Waals surface area contributed by atoms with Gasteiger partial charge in [0.05, 0.1) is 11.0 Å². The summed E-state index contributed by atoms with van der Waals surface area (Å²) in [6.45, 7) is 9.53. The van der Waals surface area contributed by atoms with Crippen molar-refractivity contribution < 1.29 is 4.79 Å². The normalized spacial score (nSPS) is 12.1. The van der Waals surface area contributed by atoms with Gasteiger partial charge >= 0.3 is 0 Å². The fourth-order valence-corrected chi connectivity index (χ4v) is 2.16. The summed E-state index contributed by atoms with van der Waals surface area (Å²) >= 11 is 0. The first kappa shape index (κ1) is 11.8. The summed E-state index contributed by atoms with van der Waals surface area (Å²) in [5.74, 6) is 1.07. The molecule has 3 heteroatoms. The number of hydrogen-bond acceptors (Lipinski definition) is 2. The van der Waals surface area contributed by atoms with Gasteiger partial charge in [0, 0.05) is 5.41 Å². The van der Waals surface area contributed by atoms with Crippen LogP contribution in [0.4, 0.5) is 0 Å². The molecular formula is C14H18N2O. The van der Waals surface area contributed by atoms with Crippen molar-refractivity contribution in [2.24, 2.45) is 0 Å². The third-order valence-electron chi connectivity index (χ3n) is 3.50. The molecule has 0 atom stereocenters. The average Bonchev–Trinajstić information content (AvgIpc) is 2.55. The smallest absolute Gasteiger partial charge is 0.139 e. The number of fused-ring (bicyclic) bond motifs is 1. The summed E-state index contributed by atoms with van der Waals surface area (Å²) in [5.41, 5.74) is 3.69. The predicted molar refractivity (Wildman–Crippen MR) is 69.3 cm³/mol. The Morgan fingerprint density at radius 2 is 1.94 bits per heavy atom. The third-order valence-corrected chi connectivity index (χ3v) is 3.50. The van der Waals surface area contributed by atoms with Crippen LogP contribution in [0.5, 0.6) is 0 Å². The third kappa shape index (κ3) is 1.86. The molecule has 0 saturated heterocycles. The Morgan fingerprint density at radius 1 is 1.29 bits per heavy atom. The minimum atomic E-state index is -0.453. The van der Waals surface area contributed by atoms with E-state index in [1.807, 2.05) is 33.8 Å². The van der Waals surface area contributed by atoms with Crippen molar-refractivity contribution in [1.29, 1.82) is 0 Å². The molecule has 90 valence electrons. The van der Waals surface area contributed by atoms with Crippen molar-refractivity contribution in [2.45, 2.75) is 40.0 Å². The highest BCUT2D eigenvalue weighted by Crippen LogP contribution is 2.30. The number of nitrogens with zero attached hydrogens (tertiary/aromatic N) is 1. The SMILES string of the molecule is CC(=O)C(C)(C)c1cc2nc(C)[nH]c2cc1C. The molecule has 0 fully saturated rings. The number of aromatic amines is 1. The van der Waals surface area contributed by atoms with E-state index in [4.69, 9.17) is 0 Å². The molecule has 2 aromatic rings. The Balaban J connectivity index is 2.69. The molecule has 0 radical (unpaired) electrons. The lowest BCUT2D eigenvalue weighted by atomic mass is 9.79. The lowest BCUT2D eigenvalue weighted by molar-refractivity contribution is -0.121. The Labute approximate surface area is 101 Å². The van der Waals surface area contributed by atoms with E-state index in [1.54, 1.807) is 6.92 Å². The number of aryl methyl sites for hydroxylation is 2. The van der Waals surface area contributed by atoms with Gasteiger partial charge in [-0.1, -0.05) is 0 Å². The highest BCUT2D eigenvalue weighted by Gasteiger charge is 2.28. The number of carbonyl (C=O) groups excluding carboxylic acids is 1. The highest BCUT2D eigenvalue weighted by atomic mass is 16.1. The van der Waals surface area contributed by atoms with E-state index < -0.39 is 5.41 Å². The van der Waals surface area contributed by atoms with E-state index >= 15 is 0 Å². The summed E-state index contributed by atoms with van der Waals surface area (Å²) in [5, 5.41) is 0. The van der Waals surface area contributed by atoms with Crippen molar-refractivity contribution >= 4 is 16.8 Å². The van der Waals surface area contributed by atoms with E-state index in [9.17, 15) is 4.79 Å². The van der Waals surface area contributed by atoms with Crippen molar-refractivity contribution in [3.8, 4) is 0 Å². The number of benzene rings is 1. The first-order valence-corrected chi connectivity index (χ1v) is 5.81. The second kappa shape index (κ2) is 3.69. The van der Waals surface area contributed by atoms with Crippen LogP contribution in [0.1, 0.15) is 37.7 Å². The molecule has 17 heavy (non-hydrogen) atoms. The second-order valence-corrected chi connectivity index (χ2v) is 5.19. The predicted octanol–water partition coefficient (Wildman–Crippen LogP) is 3.05. The van der Waals surface area contributed by atoms with E-state index in [0.717, 1.165) is 28.0 Å². The minimum Gasteiger partial charge on any atom is -0.342 e. The number of nitrogens with one attached hydrogen (secondary N) is 1. The van der Waals surface area contributed by atoms with Crippen LogP contribution >= 0.6 is 0 Å². The van der Waals surface area contributed by atoms with Crippen LogP contribution in [-0.2, 0) is 10.2 Å². The van der Waals surface area contributed by atoms with Gasteiger partial charge in [0.2, 0.25) is 0 Å². The number of rotatable bonds is 2. The number of ketones is 1. The fourth-order valence-electron chi connectivity index (χ4n) is 2.16. The zero-order valence-electron chi connectivity index (χ0n) is 11.0. The van der Waals surface area contributed by atoms with Gasteiger partial charge in [0.1, 0.15) is 11.6 Å². The zero-order valence-corrected chi connectivity index (χ0v) is 11.0. The van der Waals surface area contributed by atoms with Crippen LogP contribution in [-0.4, -0.2) is 15.8 Å². The van der Waals surface area contributed by atoms with Crippen LogP contribution < -0.4 is 0 Å². The lowest BCUT2D eigenvalue weighted by Gasteiger charge is -2.23. The largest absolute Gasteiger partial charge is 0.342 e. The van der Waals surface area contributed by atoms with Crippen molar-refractivity contribution in [3.05, 3.63) is 29.1 Å². The number of aromatic nitrogens is 2. The average molecular weight is 230 g/mol. The van der Waals surface area contributed by atoms with Crippen LogP contribution in [0.2, 0.25) is 0 Å². The van der Waals surface area contributed by atoms with Crippen LogP contribution in [0.25, 0.3) is 11.0 Å². The number of imidazole rings is 1. The molecule has 0 aliphatic heterocycles. The van der Waals surface area contributed by atoms with Crippen molar-refractivity contribution in [2.75, 3.05) is 0 Å². The maximum Gasteiger partial charge on any atom is 0.139 e. The molecule has 0 saturated carbocycles. The molecule has 1 N–H and O–H groups in total. The van der Waals surface area contributed by atoms with Crippen molar-refractivity contribution in [3.63, 3.8) is 0 Å². The van der Waals surface area contributed by atoms with Crippen LogP contribution in [0.15, 0.2) is 12.1 Å². The molecule has 0 amide bonds. The molecule has 1 aromatic heterocycles. The number of H-pyrrole nitrogens is 1. The number of hydrogen-bond donors (Lipinski definition) is 1. The quantitative estimate of drug-likeness (QED) is 0.861. The van der Waals surface area contributed by atoms with E-state index in [1.165, 1.54) is 0 Å². The maximum absolute atomic E-state index is 11.7. The highest BCUT2D eigenvalue weighted by molar-refractivity contribution is 5.89. The lowest BCUT2D eigenvalue weighted by Crippen LogP contribution is -2.27. The topological polar surface area (TPSA) is 45.8 Å². The van der Waals surface area contributed by atoms with E-state index in [-0.39, 0.29) is 5.78 Å². The standard InChI is InChI=1S/C14H18N2O/c1-8-6-12-13(16-10(3)15-12)7-11(8)14(4,5)9(2)17/h6-7H,1-5H3,(H,15,16). The van der Waals surface area contributed by atoms with Gasteiger partial charge < -0.3 is 4.98 Å². The van der Waals surface area contributed by atoms with Gasteiger partial charge in [0.25, 0.3) is 0 Å². The Hall–Kier alpha value is -1.64. The zero-order chi connectivity index (χ0) is 12.8. The molecule has 0 spiro atoms. The Bertz CT molecular complexity index is 594. The van der Waals surface area contributed by atoms with Crippen molar-refractivity contribution in [1.82, 2.24) is 9.97 Å². The Morgan fingerprint density at radius 3 is 2.53 bits per heavy atom. The molecule has 0 aliphatic carbocycles.